The maximum Gasteiger partial charge on any atom is 0.446 e. The van der Waals surface area contributed by atoms with Gasteiger partial charge in [0.2, 0.25) is 0 Å². The van der Waals surface area contributed by atoms with Crippen LogP contribution in [-0.2, 0) is 0 Å². The molecule has 0 fully saturated rings. The van der Waals surface area contributed by atoms with Crippen LogP contribution in [0.5, 0.6) is 11.5 Å². The molecule has 2 rings (SSSR count). The third-order valence-corrected chi connectivity index (χ3v) is 3.12. The number of halogens is 3. The number of hydrogen-bond donors (Lipinski definition) is 1. The molecule has 2 aromatic rings. The second kappa shape index (κ2) is 6.67. The first-order valence-corrected chi connectivity index (χ1v) is 6.35. The van der Waals surface area contributed by atoms with Crippen LogP contribution in [0.1, 0.15) is 5.56 Å². The fraction of sp³-hybridized carbons (Fsp3) is 0.143. The highest BCUT2D eigenvalue weighted by Gasteiger charge is 2.29. The van der Waals surface area contributed by atoms with E-state index in [-0.39, 0.29) is 22.8 Å². The van der Waals surface area contributed by atoms with Crippen LogP contribution in [0, 0.1) is 6.92 Å². The molecule has 0 spiro atoms. The number of ether oxygens (including phenoxy) is 1. The lowest BCUT2D eigenvalue weighted by Crippen LogP contribution is -1.98. The Hall–Kier alpha value is -1.66. The minimum absolute atomic E-state index is 0. The van der Waals surface area contributed by atoms with Gasteiger partial charge in [0.15, 0.2) is 0 Å². The second-order valence-electron chi connectivity index (χ2n) is 3.89. The molecule has 0 heterocycles. The highest BCUT2D eigenvalue weighted by molar-refractivity contribution is 8.00. The molecule has 0 bridgehead atoms. The maximum atomic E-state index is 12.2. The third kappa shape index (κ3) is 4.79. The number of hydrogen-bond acceptors (Lipinski definition) is 3. The van der Waals surface area contributed by atoms with E-state index in [1.54, 1.807) is 0 Å². The minimum Gasteiger partial charge on any atom is -0.457 e. The van der Waals surface area contributed by atoms with Crippen LogP contribution in [0.2, 0.25) is 0 Å². The summed E-state index contributed by atoms with van der Waals surface area (Å²) in [4.78, 5) is 0.143. The zero-order valence-electron chi connectivity index (χ0n) is 10.8. The molecule has 0 amide bonds. The van der Waals surface area contributed by atoms with Crippen molar-refractivity contribution in [3.63, 3.8) is 0 Å². The first-order chi connectivity index (χ1) is 8.94. The van der Waals surface area contributed by atoms with E-state index in [2.05, 4.69) is 0 Å². The van der Waals surface area contributed by atoms with Gasteiger partial charge in [0, 0.05) is 4.90 Å². The first kappa shape index (κ1) is 16.4. The Morgan fingerprint density at radius 2 is 1.55 bits per heavy atom. The second-order valence-corrected chi connectivity index (χ2v) is 5.03. The van der Waals surface area contributed by atoms with Crippen molar-refractivity contribution in [2.24, 2.45) is 0 Å². The number of alkyl halides is 3. The topological polar surface area (TPSA) is 44.2 Å². The minimum atomic E-state index is -4.27. The van der Waals surface area contributed by atoms with Gasteiger partial charge in [-0.3, -0.25) is 0 Å². The number of rotatable bonds is 3. The molecule has 20 heavy (non-hydrogen) atoms. The van der Waals surface area contributed by atoms with Gasteiger partial charge in [-0.25, -0.2) is 0 Å². The number of benzene rings is 2. The van der Waals surface area contributed by atoms with Gasteiger partial charge in [-0.1, -0.05) is 18.2 Å². The van der Waals surface area contributed by atoms with Crippen molar-refractivity contribution >= 4 is 11.8 Å². The fourth-order valence-electron chi connectivity index (χ4n) is 1.51. The summed E-state index contributed by atoms with van der Waals surface area (Å²) < 4.78 is 42.1. The van der Waals surface area contributed by atoms with Crippen molar-refractivity contribution in [1.82, 2.24) is 6.15 Å². The molecule has 0 aliphatic heterocycles. The predicted octanol–water partition coefficient (Wildman–Crippen LogP) is 5.56. The lowest BCUT2D eigenvalue weighted by molar-refractivity contribution is -0.0328. The molecular weight excluding hydrogens is 287 g/mol. The average Bonchev–Trinajstić information content (AvgIpc) is 2.33. The Kier molecular flexibility index (Phi) is 5.47. The molecule has 0 unspecified atom stereocenters. The van der Waals surface area contributed by atoms with Gasteiger partial charge in [0.05, 0.1) is 0 Å². The molecule has 3 N–H and O–H groups in total. The van der Waals surface area contributed by atoms with Crippen molar-refractivity contribution < 1.29 is 17.9 Å². The van der Waals surface area contributed by atoms with E-state index in [9.17, 15) is 13.2 Å². The van der Waals surface area contributed by atoms with Crippen molar-refractivity contribution in [3.8, 4) is 11.5 Å². The van der Waals surface area contributed by atoms with Crippen LogP contribution in [0.4, 0.5) is 13.2 Å². The van der Waals surface area contributed by atoms with E-state index in [1.165, 1.54) is 24.3 Å². The standard InChI is InChI=1S/C14H11F3OS.H3N/c1-10-4-2-3-5-13(10)18-11-6-8-12(9-7-11)19-14(15,16)17;/h2-9H,1H3;1H3. The highest BCUT2D eigenvalue weighted by Crippen LogP contribution is 2.37. The maximum absolute atomic E-state index is 12.2. The molecule has 0 radical (unpaired) electrons. The first-order valence-electron chi connectivity index (χ1n) is 5.53. The van der Waals surface area contributed by atoms with E-state index < -0.39 is 5.51 Å². The molecule has 0 aromatic heterocycles. The summed E-state index contributed by atoms with van der Waals surface area (Å²) in [6.07, 6.45) is 0. The van der Waals surface area contributed by atoms with E-state index >= 15 is 0 Å². The summed E-state index contributed by atoms with van der Waals surface area (Å²) in [5, 5.41) is 0. The third-order valence-electron chi connectivity index (χ3n) is 2.38. The summed E-state index contributed by atoms with van der Waals surface area (Å²) in [5.74, 6) is 1.21. The predicted molar refractivity (Wildman–Crippen MR) is 74.6 cm³/mol. The van der Waals surface area contributed by atoms with Crippen LogP contribution in [0.15, 0.2) is 53.4 Å². The van der Waals surface area contributed by atoms with Crippen LogP contribution < -0.4 is 10.9 Å². The van der Waals surface area contributed by atoms with E-state index in [4.69, 9.17) is 4.74 Å². The highest BCUT2D eigenvalue weighted by atomic mass is 32.2. The summed E-state index contributed by atoms with van der Waals surface area (Å²) in [5.41, 5.74) is -3.30. The van der Waals surface area contributed by atoms with Gasteiger partial charge in [-0.2, -0.15) is 13.2 Å². The van der Waals surface area contributed by atoms with Crippen LogP contribution in [0.3, 0.4) is 0 Å². The normalized spacial score (nSPS) is 10.8. The Bertz CT molecular complexity index is 555. The van der Waals surface area contributed by atoms with Crippen LogP contribution in [0.25, 0.3) is 0 Å². The Labute approximate surface area is 119 Å². The molecule has 6 heteroatoms. The number of aryl methyl sites for hydroxylation is 1. The molecule has 2 aromatic carbocycles. The van der Waals surface area contributed by atoms with E-state index in [1.807, 2.05) is 31.2 Å². The molecular formula is C14H14F3NOS. The van der Waals surface area contributed by atoms with Crippen LogP contribution >= 0.6 is 11.8 Å². The smallest absolute Gasteiger partial charge is 0.446 e. The number of para-hydroxylation sites is 1. The van der Waals surface area contributed by atoms with Gasteiger partial charge in [-0.05, 0) is 54.6 Å². The summed E-state index contributed by atoms with van der Waals surface area (Å²) in [6.45, 7) is 1.91. The molecule has 0 atom stereocenters. The lowest BCUT2D eigenvalue weighted by Gasteiger charge is -2.09. The van der Waals surface area contributed by atoms with Gasteiger partial charge in [0.1, 0.15) is 11.5 Å². The van der Waals surface area contributed by atoms with Crippen molar-refractivity contribution in [3.05, 3.63) is 54.1 Å². The van der Waals surface area contributed by atoms with Gasteiger partial charge < -0.3 is 10.9 Å². The van der Waals surface area contributed by atoms with Crippen LogP contribution in [-0.4, -0.2) is 5.51 Å². The van der Waals surface area contributed by atoms with Crippen molar-refractivity contribution in [2.75, 3.05) is 0 Å². The van der Waals surface area contributed by atoms with Gasteiger partial charge in [-0.15, -0.1) is 0 Å². The summed E-state index contributed by atoms with van der Waals surface area (Å²) >= 11 is -0.137. The monoisotopic (exact) mass is 301 g/mol. The van der Waals surface area contributed by atoms with Gasteiger partial charge in [0.25, 0.3) is 0 Å². The summed E-state index contributed by atoms with van der Waals surface area (Å²) in [7, 11) is 0. The Morgan fingerprint density at radius 1 is 0.950 bits per heavy atom. The SMILES string of the molecule is Cc1ccccc1Oc1ccc(SC(F)(F)F)cc1.N. The van der Waals surface area contributed by atoms with E-state index in [0.717, 1.165) is 5.56 Å². The van der Waals surface area contributed by atoms with E-state index in [0.29, 0.717) is 11.5 Å². The summed E-state index contributed by atoms with van der Waals surface area (Å²) in [6, 6.07) is 13.3. The molecule has 2 nitrogen and oxygen atoms in total. The largest absolute Gasteiger partial charge is 0.457 e. The molecule has 0 saturated heterocycles. The molecule has 108 valence electrons. The fourth-order valence-corrected chi connectivity index (χ4v) is 2.05. The molecule has 0 aliphatic rings. The molecule has 0 aliphatic carbocycles. The van der Waals surface area contributed by atoms with Crippen molar-refractivity contribution in [2.45, 2.75) is 17.3 Å². The quantitative estimate of drug-likeness (QED) is 0.755. The average molecular weight is 301 g/mol. The number of thioether (sulfide) groups is 1. The Balaban J connectivity index is 0.00000200. The van der Waals surface area contributed by atoms with Gasteiger partial charge >= 0.3 is 5.51 Å². The zero-order valence-corrected chi connectivity index (χ0v) is 11.6. The lowest BCUT2D eigenvalue weighted by atomic mass is 10.2. The Morgan fingerprint density at radius 3 is 2.10 bits per heavy atom. The zero-order chi connectivity index (χ0) is 13.9. The molecule has 0 saturated carbocycles. The van der Waals surface area contributed by atoms with Crippen molar-refractivity contribution in [1.29, 1.82) is 0 Å².